The van der Waals surface area contributed by atoms with Gasteiger partial charge < -0.3 is 25.6 Å². The van der Waals surface area contributed by atoms with Crippen molar-refractivity contribution in [1.29, 1.82) is 0 Å². The van der Waals surface area contributed by atoms with Crippen molar-refractivity contribution in [2.45, 2.75) is 12.5 Å². The van der Waals surface area contributed by atoms with Crippen LogP contribution in [0, 0.1) is 0 Å². The molecule has 0 aliphatic rings. The number of carbonyl (C=O) groups excluding carboxylic acids is 1. The highest BCUT2D eigenvalue weighted by molar-refractivity contribution is 5.94. The molecule has 23 heavy (non-hydrogen) atoms. The number of primary amides is 1. The van der Waals surface area contributed by atoms with Crippen LogP contribution in [0.1, 0.15) is 6.42 Å². The van der Waals surface area contributed by atoms with Crippen molar-refractivity contribution in [2.24, 2.45) is 5.73 Å². The van der Waals surface area contributed by atoms with Crippen molar-refractivity contribution in [3.63, 3.8) is 0 Å². The maximum Gasteiger partial charge on any atom is 0.326 e. The van der Waals surface area contributed by atoms with Crippen molar-refractivity contribution in [3.8, 4) is 11.5 Å². The van der Waals surface area contributed by atoms with Gasteiger partial charge >= 0.3 is 5.97 Å². The first-order valence-corrected chi connectivity index (χ1v) is 6.60. The molecule has 122 valence electrons. The third kappa shape index (κ3) is 3.57. The highest BCUT2D eigenvalue weighted by atomic mass is 16.5. The predicted molar refractivity (Wildman–Crippen MR) is 81.5 cm³/mol. The Bertz CT molecular complexity index is 749. The van der Waals surface area contributed by atoms with Gasteiger partial charge in [0.15, 0.2) is 11.5 Å². The molecule has 0 saturated carbocycles. The number of aliphatic carboxylic acids is 1. The van der Waals surface area contributed by atoms with E-state index in [2.05, 4.69) is 15.3 Å². The number of anilines is 1. The first-order valence-electron chi connectivity index (χ1n) is 6.60. The van der Waals surface area contributed by atoms with Crippen molar-refractivity contribution in [3.05, 3.63) is 18.5 Å². The quantitative estimate of drug-likeness (QED) is 0.666. The van der Waals surface area contributed by atoms with E-state index in [-0.39, 0.29) is 12.2 Å². The molecule has 1 aromatic heterocycles. The molecule has 0 spiro atoms. The number of amides is 1. The second-order valence-electron chi connectivity index (χ2n) is 4.65. The molecule has 0 radical (unpaired) electrons. The van der Waals surface area contributed by atoms with Crippen LogP contribution in [0.3, 0.4) is 0 Å². The van der Waals surface area contributed by atoms with E-state index in [0.29, 0.717) is 22.4 Å². The highest BCUT2D eigenvalue weighted by Gasteiger charge is 2.21. The molecule has 1 heterocycles. The van der Waals surface area contributed by atoms with Crippen molar-refractivity contribution in [1.82, 2.24) is 9.97 Å². The largest absolute Gasteiger partial charge is 0.493 e. The summed E-state index contributed by atoms with van der Waals surface area (Å²) in [7, 11) is 2.98. The van der Waals surface area contributed by atoms with Crippen molar-refractivity contribution >= 4 is 28.6 Å². The van der Waals surface area contributed by atoms with Crippen LogP contribution in [0.15, 0.2) is 18.5 Å². The number of hydrogen-bond donors (Lipinski definition) is 3. The minimum Gasteiger partial charge on any atom is -0.493 e. The van der Waals surface area contributed by atoms with E-state index in [1.54, 1.807) is 12.1 Å². The van der Waals surface area contributed by atoms with E-state index in [4.69, 9.17) is 15.2 Å². The number of benzene rings is 1. The summed E-state index contributed by atoms with van der Waals surface area (Å²) in [5.41, 5.74) is 5.60. The Hall–Kier alpha value is -3.10. The van der Waals surface area contributed by atoms with E-state index in [1.807, 2.05) is 0 Å². The summed E-state index contributed by atoms with van der Waals surface area (Å²) in [6, 6.07) is 2.07. The number of nitrogens with one attached hydrogen (secondary N) is 1. The fourth-order valence-electron chi connectivity index (χ4n) is 2.06. The molecule has 4 N–H and O–H groups in total. The molecule has 2 rings (SSSR count). The van der Waals surface area contributed by atoms with Crippen LogP contribution in [0.25, 0.3) is 10.9 Å². The Morgan fingerprint density at radius 3 is 2.48 bits per heavy atom. The fraction of sp³-hybridized carbons (Fsp3) is 0.286. The molecule has 1 aromatic carbocycles. The summed E-state index contributed by atoms with van der Waals surface area (Å²) < 4.78 is 10.4. The van der Waals surface area contributed by atoms with Crippen molar-refractivity contribution < 1.29 is 24.2 Å². The number of carboxylic acids is 1. The SMILES string of the molecule is COc1cc2ncnc(NC(CC(N)=O)C(=O)O)c2cc1OC. The third-order valence-electron chi connectivity index (χ3n) is 3.16. The van der Waals surface area contributed by atoms with Gasteiger partial charge in [-0.1, -0.05) is 0 Å². The molecule has 1 unspecified atom stereocenters. The topological polar surface area (TPSA) is 137 Å². The van der Waals surface area contributed by atoms with Crippen LogP contribution in [0.5, 0.6) is 11.5 Å². The molecule has 0 aliphatic carbocycles. The number of carbonyl (C=O) groups is 2. The average molecular weight is 320 g/mol. The zero-order valence-corrected chi connectivity index (χ0v) is 12.6. The summed E-state index contributed by atoms with van der Waals surface area (Å²) in [5, 5.41) is 12.4. The van der Waals surface area contributed by atoms with Gasteiger partial charge in [-0.15, -0.1) is 0 Å². The fourth-order valence-corrected chi connectivity index (χ4v) is 2.06. The second kappa shape index (κ2) is 6.77. The van der Waals surface area contributed by atoms with Crippen LogP contribution in [-0.4, -0.2) is 47.2 Å². The molecule has 0 bridgehead atoms. The number of ether oxygens (including phenoxy) is 2. The Kier molecular flexibility index (Phi) is 4.79. The smallest absolute Gasteiger partial charge is 0.326 e. The summed E-state index contributed by atoms with van der Waals surface area (Å²) in [5.74, 6) is -0.764. The molecular weight excluding hydrogens is 304 g/mol. The van der Waals surface area contributed by atoms with Gasteiger partial charge in [0.2, 0.25) is 5.91 Å². The molecule has 0 fully saturated rings. The number of aromatic nitrogens is 2. The zero-order valence-electron chi connectivity index (χ0n) is 12.6. The molecule has 1 atom stereocenters. The molecule has 1 amide bonds. The average Bonchev–Trinajstić information content (AvgIpc) is 2.52. The highest BCUT2D eigenvalue weighted by Crippen LogP contribution is 2.33. The van der Waals surface area contributed by atoms with Crippen LogP contribution >= 0.6 is 0 Å². The molecule has 0 saturated heterocycles. The lowest BCUT2D eigenvalue weighted by molar-refractivity contribution is -0.139. The first kappa shape index (κ1) is 16.3. The van der Waals surface area contributed by atoms with Crippen LogP contribution in [0.2, 0.25) is 0 Å². The number of rotatable bonds is 7. The van der Waals surface area contributed by atoms with Gasteiger partial charge in [-0.25, -0.2) is 14.8 Å². The van der Waals surface area contributed by atoms with Crippen LogP contribution in [-0.2, 0) is 9.59 Å². The van der Waals surface area contributed by atoms with Crippen LogP contribution < -0.4 is 20.5 Å². The lowest BCUT2D eigenvalue weighted by Gasteiger charge is -2.16. The normalized spacial score (nSPS) is 11.7. The van der Waals surface area contributed by atoms with Gasteiger partial charge in [-0.3, -0.25) is 4.79 Å². The van der Waals surface area contributed by atoms with Crippen LogP contribution in [0.4, 0.5) is 5.82 Å². The van der Waals surface area contributed by atoms with Gasteiger partial charge in [0, 0.05) is 11.5 Å². The molecule has 2 aromatic rings. The van der Waals surface area contributed by atoms with E-state index in [9.17, 15) is 14.7 Å². The molecular formula is C14H16N4O5. The number of methoxy groups -OCH3 is 2. The zero-order chi connectivity index (χ0) is 17.0. The second-order valence-corrected chi connectivity index (χ2v) is 4.65. The Labute approximate surface area is 131 Å². The van der Waals surface area contributed by atoms with Gasteiger partial charge in [0.1, 0.15) is 18.2 Å². The lowest BCUT2D eigenvalue weighted by Crippen LogP contribution is -2.34. The predicted octanol–water partition coefficient (Wildman–Crippen LogP) is 0.388. The Morgan fingerprint density at radius 1 is 1.26 bits per heavy atom. The number of nitrogens with zero attached hydrogens (tertiary/aromatic N) is 2. The maximum atomic E-state index is 11.2. The number of nitrogens with two attached hydrogens (primary N) is 1. The summed E-state index contributed by atoms with van der Waals surface area (Å²) in [6.07, 6.45) is 0.911. The summed E-state index contributed by atoms with van der Waals surface area (Å²) >= 11 is 0. The molecule has 0 aliphatic heterocycles. The summed E-state index contributed by atoms with van der Waals surface area (Å²) in [6.45, 7) is 0. The maximum absolute atomic E-state index is 11.2. The molecule has 9 nitrogen and oxygen atoms in total. The van der Waals surface area contributed by atoms with E-state index < -0.39 is 17.9 Å². The first-order chi connectivity index (χ1) is 11.0. The lowest BCUT2D eigenvalue weighted by atomic mass is 10.1. The van der Waals surface area contributed by atoms with Gasteiger partial charge in [0.25, 0.3) is 0 Å². The van der Waals surface area contributed by atoms with Crippen molar-refractivity contribution in [2.75, 3.05) is 19.5 Å². The van der Waals surface area contributed by atoms with Gasteiger partial charge in [-0.05, 0) is 6.07 Å². The third-order valence-corrected chi connectivity index (χ3v) is 3.16. The van der Waals surface area contributed by atoms with E-state index in [0.717, 1.165) is 0 Å². The standard InChI is InChI=1S/C14H16N4O5/c1-22-10-3-7-8(4-11(10)23-2)16-6-17-13(7)18-9(14(20)21)5-12(15)19/h3-4,6,9H,5H2,1-2H3,(H2,15,19)(H,20,21)(H,16,17,18). The number of carboxylic acid groups (broad SMARTS) is 1. The monoisotopic (exact) mass is 320 g/mol. The van der Waals surface area contributed by atoms with Gasteiger partial charge in [0.05, 0.1) is 26.2 Å². The summed E-state index contributed by atoms with van der Waals surface area (Å²) in [4.78, 5) is 30.4. The minimum absolute atomic E-state index is 0.254. The Morgan fingerprint density at radius 2 is 1.91 bits per heavy atom. The van der Waals surface area contributed by atoms with Gasteiger partial charge in [-0.2, -0.15) is 0 Å². The Balaban J connectivity index is 2.47. The van der Waals surface area contributed by atoms with E-state index in [1.165, 1.54) is 20.5 Å². The minimum atomic E-state index is -1.21. The van der Waals surface area contributed by atoms with E-state index >= 15 is 0 Å². The number of hydrogen-bond acceptors (Lipinski definition) is 7. The number of fused-ring (bicyclic) bond motifs is 1. The molecule has 9 heteroatoms.